The van der Waals surface area contributed by atoms with Gasteiger partial charge in [-0.25, -0.2) is 4.79 Å². The fourth-order valence-electron chi connectivity index (χ4n) is 3.21. The predicted octanol–water partition coefficient (Wildman–Crippen LogP) is 3.00. The van der Waals surface area contributed by atoms with E-state index < -0.39 is 12.0 Å². The number of aliphatic carboxylic acids is 1. The molecule has 1 aliphatic rings. The van der Waals surface area contributed by atoms with Crippen LogP contribution < -0.4 is 5.32 Å². The number of amides is 1. The Labute approximate surface area is 141 Å². The Kier molecular flexibility index (Phi) is 4.18. The molecule has 1 amide bonds. The van der Waals surface area contributed by atoms with Crippen molar-refractivity contribution in [2.24, 2.45) is 5.92 Å². The number of carbonyl (C=O) groups is 2. The topological polar surface area (TPSA) is 71.3 Å². The van der Waals surface area contributed by atoms with E-state index in [-0.39, 0.29) is 11.8 Å². The maximum absolute atomic E-state index is 12.6. The maximum atomic E-state index is 12.6. The number of nitrogens with one attached hydrogen (secondary N) is 1. The number of hydrogen-bond acceptors (Lipinski definition) is 2. The van der Waals surface area contributed by atoms with Crippen molar-refractivity contribution >= 4 is 11.9 Å². The number of rotatable bonds is 5. The largest absolute Gasteiger partial charge is 0.480 e. The van der Waals surface area contributed by atoms with Gasteiger partial charge in [0.2, 0.25) is 0 Å². The van der Waals surface area contributed by atoms with Crippen molar-refractivity contribution in [3.8, 4) is 5.69 Å². The van der Waals surface area contributed by atoms with Gasteiger partial charge in [0.25, 0.3) is 5.91 Å². The first kappa shape index (κ1) is 16.3. The summed E-state index contributed by atoms with van der Waals surface area (Å²) < 4.78 is 2.04. The monoisotopic (exact) mass is 326 g/mol. The number of benzene rings is 1. The van der Waals surface area contributed by atoms with Gasteiger partial charge in [-0.1, -0.05) is 18.2 Å². The van der Waals surface area contributed by atoms with Crippen molar-refractivity contribution in [2.45, 2.75) is 39.7 Å². The van der Waals surface area contributed by atoms with Crippen LogP contribution in [-0.2, 0) is 4.79 Å². The van der Waals surface area contributed by atoms with Gasteiger partial charge in [-0.05, 0) is 57.2 Å². The molecule has 3 rings (SSSR count). The molecule has 0 spiro atoms. The Bertz CT molecular complexity index is 803. The predicted molar refractivity (Wildman–Crippen MR) is 91.6 cm³/mol. The van der Waals surface area contributed by atoms with Crippen molar-refractivity contribution < 1.29 is 14.7 Å². The number of para-hydroxylation sites is 1. The first-order chi connectivity index (χ1) is 11.4. The average Bonchev–Trinajstić information content (AvgIpc) is 3.32. The highest BCUT2D eigenvalue weighted by Crippen LogP contribution is 2.33. The van der Waals surface area contributed by atoms with Crippen molar-refractivity contribution in [1.82, 2.24) is 9.88 Å². The molecule has 1 atom stereocenters. The van der Waals surface area contributed by atoms with Crippen molar-refractivity contribution in [3.05, 3.63) is 52.8 Å². The third-order valence-corrected chi connectivity index (χ3v) is 4.68. The van der Waals surface area contributed by atoms with Crippen LogP contribution in [0.25, 0.3) is 5.69 Å². The van der Waals surface area contributed by atoms with Crippen molar-refractivity contribution in [1.29, 1.82) is 0 Å². The minimum Gasteiger partial charge on any atom is -0.480 e. The van der Waals surface area contributed by atoms with Crippen LogP contribution in [0.1, 0.15) is 40.2 Å². The second kappa shape index (κ2) is 6.15. The van der Waals surface area contributed by atoms with E-state index in [2.05, 4.69) is 5.32 Å². The molecule has 0 bridgehead atoms. The highest BCUT2D eigenvalue weighted by Gasteiger charge is 2.37. The fourth-order valence-corrected chi connectivity index (χ4v) is 3.21. The number of aryl methyl sites for hydroxylation is 2. The Morgan fingerprint density at radius 3 is 2.46 bits per heavy atom. The van der Waals surface area contributed by atoms with E-state index in [1.165, 1.54) is 0 Å². The first-order valence-corrected chi connectivity index (χ1v) is 8.18. The van der Waals surface area contributed by atoms with Gasteiger partial charge in [-0.3, -0.25) is 4.79 Å². The normalized spacial score (nSPS) is 15.1. The number of carbonyl (C=O) groups excluding carboxylic acids is 1. The highest BCUT2D eigenvalue weighted by atomic mass is 16.4. The van der Waals surface area contributed by atoms with Gasteiger partial charge in [0.05, 0.1) is 5.56 Å². The smallest absolute Gasteiger partial charge is 0.326 e. The lowest BCUT2D eigenvalue weighted by Crippen LogP contribution is -2.42. The summed E-state index contributed by atoms with van der Waals surface area (Å²) in [6.07, 6.45) is 1.72. The molecule has 0 saturated heterocycles. The molecule has 0 aliphatic heterocycles. The average molecular weight is 326 g/mol. The molecule has 2 N–H and O–H groups in total. The molecule has 1 aromatic carbocycles. The van der Waals surface area contributed by atoms with E-state index in [0.717, 1.165) is 35.5 Å². The van der Waals surface area contributed by atoms with E-state index in [0.29, 0.717) is 5.56 Å². The van der Waals surface area contributed by atoms with Gasteiger partial charge in [-0.15, -0.1) is 0 Å². The van der Waals surface area contributed by atoms with E-state index in [9.17, 15) is 14.7 Å². The summed E-state index contributed by atoms with van der Waals surface area (Å²) in [5, 5.41) is 12.0. The summed E-state index contributed by atoms with van der Waals surface area (Å²) in [7, 11) is 0. The highest BCUT2D eigenvalue weighted by molar-refractivity contribution is 5.98. The summed E-state index contributed by atoms with van der Waals surface area (Å²) in [4.78, 5) is 24.0. The Balaban J connectivity index is 1.92. The molecule has 1 unspecified atom stereocenters. The van der Waals surface area contributed by atoms with Crippen LogP contribution in [0, 0.1) is 26.7 Å². The van der Waals surface area contributed by atoms with Gasteiger partial charge in [0, 0.05) is 17.1 Å². The minimum atomic E-state index is -0.960. The van der Waals surface area contributed by atoms with Crippen LogP contribution >= 0.6 is 0 Å². The van der Waals surface area contributed by atoms with Crippen LogP contribution in [0.4, 0.5) is 0 Å². The molecule has 1 heterocycles. The van der Waals surface area contributed by atoms with Gasteiger partial charge in [0.15, 0.2) is 0 Å². The molecule has 1 fully saturated rings. The van der Waals surface area contributed by atoms with Gasteiger partial charge in [0.1, 0.15) is 6.04 Å². The summed E-state index contributed by atoms with van der Waals surface area (Å²) in [5.41, 5.74) is 4.45. The molecular weight excluding hydrogens is 304 g/mol. The van der Waals surface area contributed by atoms with E-state index >= 15 is 0 Å². The second-order valence-corrected chi connectivity index (χ2v) is 6.53. The van der Waals surface area contributed by atoms with Crippen LogP contribution in [0.2, 0.25) is 0 Å². The van der Waals surface area contributed by atoms with Crippen molar-refractivity contribution in [3.63, 3.8) is 0 Å². The zero-order valence-electron chi connectivity index (χ0n) is 14.2. The lowest BCUT2D eigenvalue weighted by atomic mass is 10.1. The van der Waals surface area contributed by atoms with Gasteiger partial charge < -0.3 is 15.0 Å². The quantitative estimate of drug-likeness (QED) is 0.887. The SMILES string of the molecule is Cc1ccccc1-n1c(C)cc(C(=O)NC(C(=O)O)C2CC2)c1C. The number of hydrogen-bond donors (Lipinski definition) is 2. The molecule has 1 aromatic heterocycles. The molecule has 1 saturated carbocycles. The first-order valence-electron chi connectivity index (χ1n) is 8.18. The van der Waals surface area contributed by atoms with Crippen molar-refractivity contribution in [2.75, 3.05) is 0 Å². The molecule has 5 heteroatoms. The maximum Gasteiger partial charge on any atom is 0.326 e. The van der Waals surface area contributed by atoms with Crippen LogP contribution in [0.3, 0.4) is 0 Å². The zero-order chi connectivity index (χ0) is 17.4. The Morgan fingerprint density at radius 1 is 1.21 bits per heavy atom. The van der Waals surface area contributed by atoms with E-state index in [1.807, 2.05) is 55.7 Å². The molecule has 5 nitrogen and oxygen atoms in total. The summed E-state index contributed by atoms with van der Waals surface area (Å²) in [6, 6.07) is 9.02. The van der Waals surface area contributed by atoms with Crippen LogP contribution in [0.5, 0.6) is 0 Å². The van der Waals surface area contributed by atoms with Crippen LogP contribution in [0.15, 0.2) is 30.3 Å². The third-order valence-electron chi connectivity index (χ3n) is 4.68. The molecule has 24 heavy (non-hydrogen) atoms. The molecular formula is C19H22N2O3. The Morgan fingerprint density at radius 2 is 1.88 bits per heavy atom. The Hall–Kier alpha value is -2.56. The molecule has 1 aliphatic carbocycles. The van der Waals surface area contributed by atoms with E-state index in [1.54, 1.807) is 0 Å². The number of nitrogens with zero attached hydrogens (tertiary/aromatic N) is 1. The van der Waals surface area contributed by atoms with Gasteiger partial charge in [-0.2, -0.15) is 0 Å². The van der Waals surface area contributed by atoms with Crippen LogP contribution in [-0.4, -0.2) is 27.6 Å². The second-order valence-electron chi connectivity index (χ2n) is 6.53. The number of carboxylic acids is 1. The lowest BCUT2D eigenvalue weighted by molar-refractivity contribution is -0.139. The third kappa shape index (κ3) is 2.94. The van der Waals surface area contributed by atoms with Gasteiger partial charge >= 0.3 is 5.97 Å². The summed E-state index contributed by atoms with van der Waals surface area (Å²) in [5.74, 6) is -1.22. The summed E-state index contributed by atoms with van der Waals surface area (Å²) >= 11 is 0. The number of aromatic nitrogens is 1. The lowest BCUT2D eigenvalue weighted by Gasteiger charge is -2.15. The van der Waals surface area contributed by atoms with E-state index in [4.69, 9.17) is 0 Å². The fraction of sp³-hybridized carbons (Fsp3) is 0.368. The molecule has 0 radical (unpaired) electrons. The summed E-state index contributed by atoms with van der Waals surface area (Å²) in [6.45, 7) is 5.87. The zero-order valence-corrected chi connectivity index (χ0v) is 14.2. The molecule has 2 aromatic rings. The number of carboxylic acid groups (broad SMARTS) is 1. The molecule has 126 valence electrons. The standard InChI is InChI=1S/C19H22N2O3/c1-11-6-4-5-7-16(11)21-12(2)10-15(13(21)3)18(22)20-17(19(23)24)14-8-9-14/h4-7,10,14,17H,8-9H2,1-3H3,(H,20,22)(H,23,24). The minimum absolute atomic E-state index is 0.0614.